The minimum Gasteiger partial charge on any atom is -0.507 e. The van der Waals surface area contributed by atoms with E-state index in [1.54, 1.807) is 0 Å². The fourth-order valence-corrected chi connectivity index (χ4v) is 3.47. The quantitative estimate of drug-likeness (QED) is 0.381. The lowest BCUT2D eigenvalue weighted by Gasteiger charge is -2.05. The number of hydrogen-bond donors (Lipinski definition) is 3. The SMILES string of the molecule is N#CC(=CNc1ccc(O)c(C(=O)O)c1)c1nc(-c2cccc(Br)c2)cs1. The molecule has 0 bridgehead atoms. The summed E-state index contributed by atoms with van der Waals surface area (Å²) in [5, 5.41) is 33.3. The van der Waals surface area contributed by atoms with Crippen LogP contribution in [0.15, 0.2) is 58.5 Å². The number of aromatic nitrogens is 1. The summed E-state index contributed by atoms with van der Waals surface area (Å²) in [6.45, 7) is 0. The van der Waals surface area contributed by atoms with Crippen LogP contribution in [-0.2, 0) is 0 Å². The molecule has 0 saturated heterocycles. The largest absolute Gasteiger partial charge is 0.507 e. The van der Waals surface area contributed by atoms with Gasteiger partial charge in [0.1, 0.15) is 28.0 Å². The number of carbonyl (C=O) groups is 1. The Hall–Kier alpha value is -3.15. The summed E-state index contributed by atoms with van der Waals surface area (Å²) >= 11 is 4.76. The Kier molecular flexibility index (Phi) is 5.54. The molecule has 6 nitrogen and oxygen atoms in total. The van der Waals surface area contributed by atoms with Crippen LogP contribution >= 0.6 is 27.3 Å². The molecule has 134 valence electrons. The number of carboxylic acid groups (broad SMARTS) is 1. The number of allylic oxidation sites excluding steroid dienone is 1. The summed E-state index contributed by atoms with van der Waals surface area (Å²) in [6, 6.07) is 13.9. The van der Waals surface area contributed by atoms with Crippen LogP contribution in [0, 0.1) is 11.3 Å². The molecule has 3 N–H and O–H groups in total. The summed E-state index contributed by atoms with van der Waals surface area (Å²) in [6.07, 6.45) is 1.46. The van der Waals surface area contributed by atoms with Crippen LogP contribution in [0.5, 0.6) is 5.75 Å². The summed E-state index contributed by atoms with van der Waals surface area (Å²) < 4.78 is 0.939. The second kappa shape index (κ2) is 8.03. The van der Waals surface area contributed by atoms with Crippen molar-refractivity contribution in [1.82, 2.24) is 4.98 Å². The van der Waals surface area contributed by atoms with E-state index in [-0.39, 0.29) is 11.3 Å². The number of aromatic hydroxyl groups is 1. The van der Waals surface area contributed by atoms with E-state index in [0.717, 1.165) is 15.7 Å². The molecule has 0 aliphatic rings. The van der Waals surface area contributed by atoms with E-state index < -0.39 is 5.97 Å². The molecule has 0 unspecified atom stereocenters. The molecule has 0 amide bonds. The van der Waals surface area contributed by atoms with Crippen molar-refractivity contribution in [2.24, 2.45) is 0 Å². The number of benzene rings is 2. The number of nitrogens with one attached hydrogen (secondary N) is 1. The highest BCUT2D eigenvalue weighted by atomic mass is 79.9. The number of halogens is 1. The van der Waals surface area contributed by atoms with E-state index >= 15 is 0 Å². The minimum absolute atomic E-state index is 0.224. The van der Waals surface area contributed by atoms with E-state index in [2.05, 4.69) is 32.3 Å². The van der Waals surface area contributed by atoms with Crippen LogP contribution in [0.25, 0.3) is 16.8 Å². The maximum atomic E-state index is 11.1. The molecule has 3 rings (SSSR count). The van der Waals surface area contributed by atoms with Crippen LogP contribution in [0.4, 0.5) is 5.69 Å². The fraction of sp³-hybridized carbons (Fsp3) is 0. The number of thiazole rings is 1. The second-order valence-corrected chi connectivity index (χ2v) is 7.17. The summed E-state index contributed by atoms with van der Waals surface area (Å²) in [4.78, 5) is 15.6. The highest BCUT2D eigenvalue weighted by molar-refractivity contribution is 9.10. The van der Waals surface area contributed by atoms with Gasteiger partial charge < -0.3 is 15.5 Å². The molecule has 0 aliphatic heterocycles. The highest BCUT2D eigenvalue weighted by Crippen LogP contribution is 2.28. The van der Waals surface area contributed by atoms with Crippen LogP contribution in [0.1, 0.15) is 15.4 Å². The first-order valence-electron chi connectivity index (χ1n) is 7.63. The third-order valence-electron chi connectivity index (χ3n) is 3.59. The Morgan fingerprint density at radius 1 is 1.30 bits per heavy atom. The average Bonchev–Trinajstić information content (AvgIpc) is 3.13. The first-order chi connectivity index (χ1) is 13.0. The maximum absolute atomic E-state index is 11.1. The average molecular weight is 442 g/mol. The van der Waals surface area contributed by atoms with Gasteiger partial charge in [-0.1, -0.05) is 28.1 Å². The van der Waals surface area contributed by atoms with Gasteiger partial charge in [0.2, 0.25) is 0 Å². The Bertz CT molecular complexity index is 1090. The zero-order valence-corrected chi connectivity index (χ0v) is 16.1. The number of carboxylic acids is 1. The fourth-order valence-electron chi connectivity index (χ4n) is 2.27. The molecule has 27 heavy (non-hydrogen) atoms. The molecule has 1 heterocycles. The number of nitrogens with zero attached hydrogens (tertiary/aromatic N) is 2. The molecule has 0 spiro atoms. The van der Waals surface area contributed by atoms with Crippen molar-refractivity contribution in [3.05, 3.63) is 69.1 Å². The van der Waals surface area contributed by atoms with Gasteiger partial charge in [0.15, 0.2) is 0 Å². The molecule has 3 aromatic rings. The molecule has 0 radical (unpaired) electrons. The molecule has 0 saturated carbocycles. The zero-order chi connectivity index (χ0) is 19.4. The molecule has 8 heteroatoms. The molecule has 0 aliphatic carbocycles. The normalized spacial score (nSPS) is 11.0. The smallest absolute Gasteiger partial charge is 0.339 e. The zero-order valence-electron chi connectivity index (χ0n) is 13.7. The van der Waals surface area contributed by atoms with E-state index in [0.29, 0.717) is 16.3 Å². The van der Waals surface area contributed by atoms with Crippen molar-refractivity contribution in [3.8, 4) is 23.1 Å². The third kappa shape index (κ3) is 4.34. The first kappa shape index (κ1) is 18.6. The van der Waals surface area contributed by atoms with Crippen molar-refractivity contribution in [2.75, 3.05) is 5.32 Å². The summed E-state index contributed by atoms with van der Waals surface area (Å²) in [7, 11) is 0. The van der Waals surface area contributed by atoms with Crippen LogP contribution in [-0.4, -0.2) is 21.2 Å². The van der Waals surface area contributed by atoms with Gasteiger partial charge in [-0.15, -0.1) is 11.3 Å². The Morgan fingerprint density at radius 2 is 2.11 bits per heavy atom. The molecule has 0 fully saturated rings. The Labute approximate surface area is 167 Å². The molecular formula is C19H12BrN3O3S. The van der Waals surface area contributed by atoms with Crippen molar-refractivity contribution in [1.29, 1.82) is 5.26 Å². The van der Waals surface area contributed by atoms with Gasteiger partial charge in [0, 0.05) is 27.3 Å². The van der Waals surface area contributed by atoms with Crippen molar-refractivity contribution >= 4 is 44.5 Å². The molecule has 0 atom stereocenters. The van der Waals surface area contributed by atoms with Crippen molar-refractivity contribution in [2.45, 2.75) is 0 Å². The van der Waals surface area contributed by atoms with Gasteiger partial charge in [-0.25, -0.2) is 9.78 Å². The van der Waals surface area contributed by atoms with Gasteiger partial charge in [-0.3, -0.25) is 0 Å². The van der Waals surface area contributed by atoms with Gasteiger partial charge >= 0.3 is 5.97 Å². The van der Waals surface area contributed by atoms with Gasteiger partial charge in [-0.05, 0) is 30.3 Å². The predicted octanol–water partition coefficient (Wildman–Crippen LogP) is 4.95. The molecule has 2 aromatic carbocycles. The van der Waals surface area contributed by atoms with E-state index in [4.69, 9.17) is 5.11 Å². The number of hydrogen-bond acceptors (Lipinski definition) is 6. The second-order valence-electron chi connectivity index (χ2n) is 5.40. The van der Waals surface area contributed by atoms with Gasteiger partial charge in [0.25, 0.3) is 0 Å². The number of anilines is 1. The third-order valence-corrected chi connectivity index (χ3v) is 4.95. The maximum Gasteiger partial charge on any atom is 0.339 e. The van der Waals surface area contributed by atoms with Crippen molar-refractivity contribution in [3.63, 3.8) is 0 Å². The Balaban J connectivity index is 1.85. The lowest BCUT2D eigenvalue weighted by molar-refractivity contribution is 0.0694. The highest BCUT2D eigenvalue weighted by Gasteiger charge is 2.11. The first-order valence-corrected chi connectivity index (χ1v) is 9.30. The minimum atomic E-state index is -1.24. The lowest BCUT2D eigenvalue weighted by atomic mass is 10.2. The van der Waals surface area contributed by atoms with Gasteiger partial charge in [-0.2, -0.15) is 5.26 Å². The predicted molar refractivity (Wildman–Crippen MR) is 108 cm³/mol. The van der Waals surface area contributed by atoms with Crippen molar-refractivity contribution < 1.29 is 15.0 Å². The van der Waals surface area contributed by atoms with Crippen LogP contribution < -0.4 is 5.32 Å². The molecular weight excluding hydrogens is 430 g/mol. The molecule has 1 aromatic heterocycles. The summed E-state index contributed by atoms with van der Waals surface area (Å²) in [5.74, 6) is -1.56. The topological polar surface area (TPSA) is 106 Å². The van der Waals surface area contributed by atoms with E-state index in [1.165, 1.54) is 35.7 Å². The lowest BCUT2D eigenvalue weighted by Crippen LogP contribution is -1.98. The number of nitriles is 1. The van der Waals surface area contributed by atoms with Crippen LogP contribution in [0.2, 0.25) is 0 Å². The van der Waals surface area contributed by atoms with E-state index in [1.807, 2.05) is 29.6 Å². The summed E-state index contributed by atoms with van der Waals surface area (Å²) in [5.41, 5.74) is 2.21. The van der Waals surface area contributed by atoms with Gasteiger partial charge in [0.05, 0.1) is 5.69 Å². The monoisotopic (exact) mass is 441 g/mol. The standard InChI is InChI=1S/C19H12BrN3O3S/c20-13-3-1-2-11(6-13)16-10-27-18(23-16)12(8-21)9-22-14-4-5-17(24)15(7-14)19(25)26/h1-7,9-10,22,24H,(H,25,26). The van der Waals surface area contributed by atoms with Crippen LogP contribution in [0.3, 0.4) is 0 Å². The number of aromatic carboxylic acids is 1. The number of phenols is 1. The Morgan fingerprint density at radius 3 is 2.81 bits per heavy atom. The van der Waals surface area contributed by atoms with E-state index in [9.17, 15) is 15.2 Å². The number of rotatable bonds is 5.